The Balaban J connectivity index is 1.42. The topological polar surface area (TPSA) is 117 Å². The molecule has 1 aromatic carbocycles. The molecule has 34 heavy (non-hydrogen) atoms. The number of piperidine rings is 1. The van der Waals surface area contributed by atoms with E-state index >= 15 is 0 Å². The molecule has 1 aromatic rings. The number of amides is 2. The number of sulfonamides is 1. The summed E-state index contributed by atoms with van der Waals surface area (Å²) >= 11 is 0. The van der Waals surface area contributed by atoms with Gasteiger partial charge in [0.1, 0.15) is 5.75 Å². The van der Waals surface area contributed by atoms with Gasteiger partial charge in [0.15, 0.2) is 6.10 Å². The van der Waals surface area contributed by atoms with Gasteiger partial charge in [-0.25, -0.2) is 8.42 Å². The Kier molecular flexibility index (Phi) is 7.76. The largest absolute Gasteiger partial charge is 0.478 e. The third-order valence-corrected chi connectivity index (χ3v) is 8.68. The molecule has 0 bridgehead atoms. The van der Waals surface area contributed by atoms with Crippen LogP contribution >= 0.6 is 0 Å². The van der Waals surface area contributed by atoms with Crippen LogP contribution in [0.2, 0.25) is 0 Å². The quantitative estimate of drug-likeness (QED) is 0.580. The smallest absolute Gasteiger partial charge is 0.265 e. The van der Waals surface area contributed by atoms with E-state index in [-0.39, 0.29) is 29.2 Å². The number of morpholine rings is 1. The number of aryl methyl sites for hydroxylation is 1. The van der Waals surface area contributed by atoms with E-state index in [1.807, 2.05) is 6.92 Å². The number of nitrogens with one attached hydrogen (secondary N) is 2. The zero-order chi connectivity index (χ0) is 24.3. The Morgan fingerprint density at radius 2 is 2.00 bits per heavy atom. The number of ether oxygens (including phenoxy) is 2. The molecule has 2 atom stereocenters. The first-order chi connectivity index (χ1) is 16.3. The minimum atomic E-state index is -3.83. The molecule has 0 aromatic heterocycles. The predicted octanol–water partition coefficient (Wildman–Crippen LogP) is 0.954. The number of hydrogen-bond acceptors (Lipinski definition) is 7. The molecule has 3 aliphatic heterocycles. The third kappa shape index (κ3) is 5.37. The summed E-state index contributed by atoms with van der Waals surface area (Å²) in [6.07, 6.45) is 1.11. The van der Waals surface area contributed by atoms with Crippen molar-refractivity contribution in [1.82, 2.24) is 14.5 Å². The lowest BCUT2D eigenvalue weighted by atomic mass is 9.99. The van der Waals surface area contributed by atoms with Gasteiger partial charge in [-0.15, -0.1) is 0 Å². The molecule has 10 nitrogen and oxygen atoms in total. The van der Waals surface area contributed by atoms with E-state index in [0.717, 1.165) is 19.6 Å². The molecule has 3 aliphatic rings. The van der Waals surface area contributed by atoms with Crippen LogP contribution in [-0.4, -0.2) is 88.0 Å². The highest BCUT2D eigenvalue weighted by atomic mass is 32.2. The van der Waals surface area contributed by atoms with Crippen molar-refractivity contribution in [1.29, 1.82) is 0 Å². The maximum Gasteiger partial charge on any atom is 0.265 e. The molecule has 0 spiro atoms. The normalized spacial score (nSPS) is 24.1. The van der Waals surface area contributed by atoms with Crippen molar-refractivity contribution in [2.75, 3.05) is 57.8 Å². The van der Waals surface area contributed by atoms with Crippen molar-refractivity contribution in [3.8, 4) is 5.75 Å². The van der Waals surface area contributed by atoms with Crippen molar-refractivity contribution in [2.45, 2.75) is 44.1 Å². The van der Waals surface area contributed by atoms with E-state index < -0.39 is 16.1 Å². The summed E-state index contributed by atoms with van der Waals surface area (Å²) in [5.41, 5.74) is 0.997. The second-order valence-corrected chi connectivity index (χ2v) is 11.0. The van der Waals surface area contributed by atoms with Gasteiger partial charge in [-0.05, 0) is 37.8 Å². The highest BCUT2D eigenvalue weighted by molar-refractivity contribution is 7.89. The van der Waals surface area contributed by atoms with Crippen LogP contribution in [0.5, 0.6) is 5.75 Å². The highest BCUT2D eigenvalue weighted by Crippen LogP contribution is 2.36. The molecule has 11 heteroatoms. The van der Waals surface area contributed by atoms with Crippen LogP contribution in [0.3, 0.4) is 0 Å². The minimum absolute atomic E-state index is 0.104. The Morgan fingerprint density at radius 3 is 2.74 bits per heavy atom. The van der Waals surface area contributed by atoms with Crippen molar-refractivity contribution >= 4 is 27.5 Å². The average Bonchev–Trinajstić information content (AvgIpc) is 2.84. The van der Waals surface area contributed by atoms with Crippen LogP contribution in [0.15, 0.2) is 17.0 Å². The maximum absolute atomic E-state index is 13.5. The third-order valence-electron chi connectivity index (χ3n) is 6.67. The summed E-state index contributed by atoms with van der Waals surface area (Å²) in [6, 6.07) is 3.12. The monoisotopic (exact) mass is 494 g/mol. The molecular formula is C23H34N4O6S. The Bertz CT molecular complexity index is 1020. The summed E-state index contributed by atoms with van der Waals surface area (Å²) in [4.78, 5) is 27.2. The van der Waals surface area contributed by atoms with Gasteiger partial charge >= 0.3 is 0 Å². The molecule has 4 rings (SSSR count). The van der Waals surface area contributed by atoms with Crippen molar-refractivity contribution < 1.29 is 27.5 Å². The summed E-state index contributed by atoms with van der Waals surface area (Å²) in [6.45, 7) is 8.48. The number of carbonyl (C=O) groups is 2. The number of nitrogens with zero attached hydrogens (tertiary/aromatic N) is 2. The first kappa shape index (κ1) is 24.9. The lowest BCUT2D eigenvalue weighted by molar-refractivity contribution is -0.126. The van der Waals surface area contributed by atoms with Gasteiger partial charge in [-0.2, -0.15) is 4.31 Å². The van der Waals surface area contributed by atoms with E-state index in [2.05, 4.69) is 15.5 Å². The Morgan fingerprint density at radius 1 is 1.24 bits per heavy atom. The van der Waals surface area contributed by atoms with Crippen LogP contribution in [0.1, 0.15) is 31.7 Å². The molecule has 3 heterocycles. The van der Waals surface area contributed by atoms with Gasteiger partial charge in [-0.3, -0.25) is 14.5 Å². The SMILES string of the molecule is CC[C@H]1Oc2cc(S(=O)(=O)N3CCC[C@H](C(=O)NCCN4CCOCC4)C3)c(C)cc2NC1=O. The fraction of sp³-hybridized carbons (Fsp3) is 0.652. The Labute approximate surface area is 201 Å². The van der Waals surface area contributed by atoms with Gasteiger partial charge in [-0.1, -0.05) is 6.92 Å². The van der Waals surface area contributed by atoms with E-state index in [9.17, 15) is 18.0 Å². The summed E-state index contributed by atoms with van der Waals surface area (Å²) < 4.78 is 39.6. The maximum atomic E-state index is 13.5. The first-order valence-corrected chi connectivity index (χ1v) is 13.4. The average molecular weight is 495 g/mol. The molecule has 0 saturated carbocycles. The molecule has 2 N–H and O–H groups in total. The van der Waals surface area contributed by atoms with Gasteiger partial charge in [0, 0.05) is 45.3 Å². The van der Waals surface area contributed by atoms with Crippen LogP contribution in [0.25, 0.3) is 0 Å². The van der Waals surface area contributed by atoms with Gasteiger partial charge in [0.05, 0.1) is 29.7 Å². The zero-order valence-corrected chi connectivity index (χ0v) is 20.7. The number of rotatable bonds is 7. The van der Waals surface area contributed by atoms with Crippen LogP contribution in [0.4, 0.5) is 5.69 Å². The molecule has 2 amide bonds. The van der Waals surface area contributed by atoms with E-state index in [1.54, 1.807) is 13.0 Å². The molecular weight excluding hydrogens is 460 g/mol. The number of anilines is 1. The van der Waals surface area contributed by atoms with Crippen molar-refractivity contribution in [3.05, 3.63) is 17.7 Å². The molecule has 2 saturated heterocycles. The fourth-order valence-corrected chi connectivity index (χ4v) is 6.40. The second kappa shape index (κ2) is 10.6. The number of carbonyl (C=O) groups excluding carboxylic acids is 2. The number of benzene rings is 1. The number of fused-ring (bicyclic) bond motifs is 1. The summed E-state index contributed by atoms with van der Waals surface area (Å²) in [5.74, 6) is -0.369. The standard InChI is InChI=1S/C23H34N4O6S/c1-3-19-23(29)25-18-13-16(2)21(14-20(18)33-19)34(30,31)27-7-4-5-17(15-27)22(28)24-6-8-26-9-11-32-12-10-26/h13-14,17,19H,3-12,15H2,1-2H3,(H,24,28)(H,25,29)/t17-,19+/m0/s1. The predicted molar refractivity (Wildman–Crippen MR) is 126 cm³/mol. The van der Waals surface area contributed by atoms with E-state index in [4.69, 9.17) is 9.47 Å². The fourth-order valence-electron chi connectivity index (χ4n) is 4.65. The van der Waals surface area contributed by atoms with Crippen LogP contribution < -0.4 is 15.4 Å². The summed E-state index contributed by atoms with van der Waals surface area (Å²) in [7, 11) is -3.83. The second-order valence-electron chi connectivity index (χ2n) is 9.07. The van der Waals surface area contributed by atoms with Crippen molar-refractivity contribution in [3.63, 3.8) is 0 Å². The highest BCUT2D eigenvalue weighted by Gasteiger charge is 2.35. The van der Waals surface area contributed by atoms with Gasteiger partial charge in [0.2, 0.25) is 15.9 Å². The first-order valence-electron chi connectivity index (χ1n) is 12.0. The number of hydrogen-bond donors (Lipinski definition) is 2. The zero-order valence-electron chi connectivity index (χ0n) is 19.8. The summed E-state index contributed by atoms with van der Waals surface area (Å²) in [5, 5.41) is 5.77. The minimum Gasteiger partial charge on any atom is -0.478 e. The lowest BCUT2D eigenvalue weighted by Gasteiger charge is -2.32. The molecule has 0 unspecified atom stereocenters. The van der Waals surface area contributed by atoms with E-state index in [1.165, 1.54) is 10.4 Å². The van der Waals surface area contributed by atoms with E-state index in [0.29, 0.717) is 62.6 Å². The van der Waals surface area contributed by atoms with Gasteiger partial charge < -0.3 is 20.1 Å². The molecule has 2 fully saturated rings. The molecule has 0 radical (unpaired) electrons. The Hall–Kier alpha value is -2.21. The van der Waals surface area contributed by atoms with Crippen LogP contribution in [0, 0.1) is 12.8 Å². The molecule has 0 aliphatic carbocycles. The van der Waals surface area contributed by atoms with Crippen LogP contribution in [-0.2, 0) is 24.3 Å². The lowest BCUT2D eigenvalue weighted by Crippen LogP contribution is -2.47. The molecule has 188 valence electrons. The van der Waals surface area contributed by atoms with Crippen molar-refractivity contribution in [2.24, 2.45) is 5.92 Å². The van der Waals surface area contributed by atoms with Gasteiger partial charge in [0.25, 0.3) is 5.91 Å².